The van der Waals surface area contributed by atoms with Crippen LogP contribution in [-0.2, 0) is 15.9 Å². The van der Waals surface area contributed by atoms with Gasteiger partial charge in [-0.2, -0.15) is 0 Å². The van der Waals surface area contributed by atoms with Gasteiger partial charge in [-0.1, -0.05) is 27.5 Å². The van der Waals surface area contributed by atoms with Gasteiger partial charge in [-0.15, -0.1) is 0 Å². The summed E-state index contributed by atoms with van der Waals surface area (Å²) in [5.41, 5.74) is 2.71. The average Bonchev–Trinajstić information content (AvgIpc) is 3.07. The molecule has 1 aromatic carbocycles. The first-order chi connectivity index (χ1) is 10.1. The molecule has 3 atom stereocenters. The van der Waals surface area contributed by atoms with Crippen LogP contribution in [0.4, 0.5) is 0 Å². The molecular weight excluding hydrogens is 354 g/mol. The number of hydrogen-bond acceptors (Lipinski definition) is 3. The van der Waals surface area contributed by atoms with Crippen molar-refractivity contribution in [3.63, 3.8) is 0 Å². The summed E-state index contributed by atoms with van der Waals surface area (Å²) in [5, 5.41) is 4.46. The van der Waals surface area contributed by atoms with E-state index in [9.17, 15) is 0 Å². The molecule has 1 aromatic rings. The van der Waals surface area contributed by atoms with Gasteiger partial charge in [-0.05, 0) is 49.4 Å². The summed E-state index contributed by atoms with van der Waals surface area (Å²) in [6.07, 6.45) is 3.50. The molecule has 3 nitrogen and oxygen atoms in total. The van der Waals surface area contributed by atoms with Crippen molar-refractivity contribution in [3.8, 4) is 0 Å². The van der Waals surface area contributed by atoms with Gasteiger partial charge in [0.2, 0.25) is 0 Å². The third-order valence-electron chi connectivity index (χ3n) is 4.21. The van der Waals surface area contributed by atoms with Crippen molar-refractivity contribution in [2.24, 2.45) is 0 Å². The monoisotopic (exact) mass is 373 g/mol. The number of nitrogens with one attached hydrogen (secondary N) is 1. The van der Waals surface area contributed by atoms with E-state index in [2.05, 4.69) is 34.2 Å². The highest BCUT2D eigenvalue weighted by molar-refractivity contribution is 9.10. The molecular formula is C16H21BrClNO2. The van der Waals surface area contributed by atoms with Crippen LogP contribution in [0.1, 0.15) is 36.9 Å². The van der Waals surface area contributed by atoms with Gasteiger partial charge in [0, 0.05) is 28.2 Å². The molecule has 116 valence electrons. The quantitative estimate of drug-likeness (QED) is 0.848. The molecule has 0 bridgehead atoms. The minimum Gasteiger partial charge on any atom is -0.379 e. The van der Waals surface area contributed by atoms with Crippen molar-refractivity contribution < 1.29 is 9.47 Å². The minimum absolute atomic E-state index is 0.272. The van der Waals surface area contributed by atoms with Crippen LogP contribution in [0.5, 0.6) is 0 Å². The third kappa shape index (κ3) is 3.80. The lowest BCUT2D eigenvalue weighted by atomic mass is 10.1. The molecule has 3 rings (SSSR count). The van der Waals surface area contributed by atoms with Crippen LogP contribution in [0.2, 0.25) is 5.02 Å². The van der Waals surface area contributed by atoms with Gasteiger partial charge in [0.15, 0.2) is 0 Å². The van der Waals surface area contributed by atoms with E-state index in [-0.39, 0.29) is 6.10 Å². The van der Waals surface area contributed by atoms with E-state index in [0.29, 0.717) is 12.1 Å². The highest BCUT2D eigenvalue weighted by Crippen LogP contribution is 2.38. The Labute approximate surface area is 139 Å². The maximum Gasteiger partial charge on any atom is 0.0831 e. The molecule has 0 amide bonds. The van der Waals surface area contributed by atoms with Crippen LogP contribution in [0.3, 0.4) is 0 Å². The standard InChI is InChI=1S/C16H21BrClNO2/c1-10(8-21-12-4-5-20-9-12)19-16-3-2-13-14(16)6-11(18)7-15(13)17/h6-7,10,12,16,19H,2-5,8-9H2,1H3/t10-,12-,16-/m1/s1. The number of ether oxygens (including phenoxy) is 2. The van der Waals surface area contributed by atoms with E-state index in [4.69, 9.17) is 21.1 Å². The van der Waals surface area contributed by atoms with Gasteiger partial charge in [0.1, 0.15) is 0 Å². The summed E-state index contributed by atoms with van der Waals surface area (Å²) in [4.78, 5) is 0. The Kier molecular flexibility index (Phi) is 5.23. The van der Waals surface area contributed by atoms with E-state index in [1.165, 1.54) is 11.1 Å². The van der Waals surface area contributed by atoms with E-state index in [1.807, 2.05) is 6.07 Å². The van der Waals surface area contributed by atoms with Crippen molar-refractivity contribution >= 4 is 27.5 Å². The zero-order valence-electron chi connectivity index (χ0n) is 12.2. The number of rotatable bonds is 5. The SMILES string of the molecule is C[C@H](CO[C@@H]1CCOC1)N[C@@H]1CCc2c(Br)cc(Cl)cc21. The lowest BCUT2D eigenvalue weighted by molar-refractivity contribution is 0.0308. The Hall–Kier alpha value is -0.130. The first kappa shape index (κ1) is 15.8. The number of fused-ring (bicyclic) bond motifs is 1. The van der Waals surface area contributed by atoms with Crippen LogP contribution in [0.15, 0.2) is 16.6 Å². The summed E-state index contributed by atoms with van der Waals surface area (Å²) < 4.78 is 12.3. The van der Waals surface area contributed by atoms with Gasteiger partial charge < -0.3 is 14.8 Å². The van der Waals surface area contributed by atoms with Crippen LogP contribution in [-0.4, -0.2) is 32.0 Å². The van der Waals surface area contributed by atoms with Crippen molar-refractivity contribution in [2.45, 2.75) is 44.4 Å². The predicted molar refractivity (Wildman–Crippen MR) is 88.0 cm³/mol. The molecule has 0 radical (unpaired) electrons. The summed E-state index contributed by atoms with van der Waals surface area (Å²) in [7, 11) is 0. The minimum atomic E-state index is 0.272. The second-order valence-corrected chi connectivity index (χ2v) is 7.22. The Balaban J connectivity index is 1.57. The third-order valence-corrected chi connectivity index (χ3v) is 5.13. The number of hydrogen-bond donors (Lipinski definition) is 1. The van der Waals surface area contributed by atoms with Gasteiger partial charge in [-0.3, -0.25) is 0 Å². The van der Waals surface area contributed by atoms with Gasteiger partial charge in [0.25, 0.3) is 0 Å². The molecule has 1 heterocycles. The van der Waals surface area contributed by atoms with E-state index >= 15 is 0 Å². The van der Waals surface area contributed by atoms with Crippen molar-refractivity contribution in [2.75, 3.05) is 19.8 Å². The highest BCUT2D eigenvalue weighted by atomic mass is 79.9. The maximum absolute atomic E-state index is 6.18. The molecule has 2 aliphatic rings. The van der Waals surface area contributed by atoms with Crippen LogP contribution < -0.4 is 5.32 Å². The summed E-state index contributed by atoms with van der Waals surface area (Å²) >= 11 is 9.80. The van der Waals surface area contributed by atoms with Crippen LogP contribution in [0, 0.1) is 0 Å². The van der Waals surface area contributed by atoms with Crippen molar-refractivity contribution in [3.05, 3.63) is 32.8 Å². The zero-order valence-corrected chi connectivity index (χ0v) is 14.5. The molecule has 1 fully saturated rings. The molecule has 1 aliphatic carbocycles. The van der Waals surface area contributed by atoms with Crippen LogP contribution in [0.25, 0.3) is 0 Å². The summed E-state index contributed by atoms with van der Waals surface area (Å²) in [6, 6.07) is 4.76. The Morgan fingerprint density at radius 2 is 2.33 bits per heavy atom. The normalized spacial score (nSPS) is 26.0. The van der Waals surface area contributed by atoms with Gasteiger partial charge >= 0.3 is 0 Å². The Morgan fingerprint density at radius 1 is 1.48 bits per heavy atom. The number of halogens is 2. The first-order valence-corrected chi connectivity index (χ1v) is 8.74. The summed E-state index contributed by atoms with van der Waals surface area (Å²) in [6.45, 7) is 4.46. The topological polar surface area (TPSA) is 30.5 Å². The fourth-order valence-corrected chi connectivity index (χ4v) is 4.16. The molecule has 21 heavy (non-hydrogen) atoms. The van der Waals surface area contributed by atoms with E-state index in [0.717, 1.165) is 48.6 Å². The van der Waals surface area contributed by atoms with Gasteiger partial charge in [0.05, 0.1) is 19.3 Å². The Bertz CT molecular complexity index is 505. The molecule has 0 aromatic heterocycles. The number of benzene rings is 1. The Morgan fingerprint density at radius 3 is 3.10 bits per heavy atom. The molecule has 0 spiro atoms. The smallest absolute Gasteiger partial charge is 0.0831 e. The fraction of sp³-hybridized carbons (Fsp3) is 0.625. The average molecular weight is 375 g/mol. The fourth-order valence-electron chi connectivity index (χ4n) is 3.13. The lowest BCUT2D eigenvalue weighted by Crippen LogP contribution is -2.34. The molecule has 5 heteroatoms. The second kappa shape index (κ2) is 6.97. The molecule has 1 saturated heterocycles. The van der Waals surface area contributed by atoms with Crippen LogP contribution >= 0.6 is 27.5 Å². The van der Waals surface area contributed by atoms with Crippen molar-refractivity contribution in [1.29, 1.82) is 0 Å². The molecule has 0 unspecified atom stereocenters. The van der Waals surface area contributed by atoms with E-state index < -0.39 is 0 Å². The first-order valence-electron chi connectivity index (χ1n) is 7.56. The highest BCUT2D eigenvalue weighted by Gasteiger charge is 2.26. The zero-order chi connectivity index (χ0) is 14.8. The molecule has 1 N–H and O–H groups in total. The van der Waals surface area contributed by atoms with Crippen molar-refractivity contribution in [1.82, 2.24) is 5.32 Å². The largest absolute Gasteiger partial charge is 0.379 e. The molecule has 1 aliphatic heterocycles. The van der Waals surface area contributed by atoms with E-state index in [1.54, 1.807) is 0 Å². The summed E-state index contributed by atoms with van der Waals surface area (Å²) in [5.74, 6) is 0. The lowest BCUT2D eigenvalue weighted by Gasteiger charge is -2.22. The maximum atomic E-state index is 6.18. The second-order valence-electron chi connectivity index (χ2n) is 5.93. The molecule has 0 saturated carbocycles. The van der Waals surface area contributed by atoms with Gasteiger partial charge in [-0.25, -0.2) is 0 Å². The predicted octanol–water partition coefficient (Wildman–Crippen LogP) is 3.87.